The Balaban J connectivity index is 1.91. The Labute approximate surface area is 258 Å². The number of hydrogen-bond donors (Lipinski definition) is 0. The summed E-state index contributed by atoms with van der Waals surface area (Å²) in [4.78, 5) is 28.3. The highest BCUT2D eigenvalue weighted by Crippen LogP contribution is 2.37. The molecule has 0 atom stereocenters. The first kappa shape index (κ1) is 34.2. The van der Waals surface area contributed by atoms with E-state index in [4.69, 9.17) is 43.6 Å². The van der Waals surface area contributed by atoms with Crippen molar-refractivity contribution in [1.29, 1.82) is 0 Å². The number of alkyl halides is 2. The molecule has 2 aromatic heterocycles. The highest BCUT2D eigenvalue weighted by molar-refractivity contribution is 5.95. The third-order valence-electron chi connectivity index (χ3n) is 8.18. The van der Waals surface area contributed by atoms with E-state index < -0.39 is 5.92 Å². The number of halogens is 2. The van der Waals surface area contributed by atoms with Crippen molar-refractivity contribution >= 4 is 34.6 Å². The average molecular weight is 627 g/mol. The van der Waals surface area contributed by atoms with E-state index in [1.807, 2.05) is 14.7 Å². The third-order valence-corrected chi connectivity index (χ3v) is 8.18. The minimum atomic E-state index is -2.71. The molecule has 0 unspecified atom stereocenters. The minimum absolute atomic E-state index is 0.152. The molecule has 0 amide bonds. The zero-order valence-corrected chi connectivity index (χ0v) is 26.8. The maximum Gasteiger partial charge on any atom is 0.251 e. The van der Waals surface area contributed by atoms with Gasteiger partial charge in [0.05, 0.1) is 32.5 Å². The van der Waals surface area contributed by atoms with Gasteiger partial charge in [0.25, 0.3) is 5.92 Å². The molecular weight excluding hydrogens is 578 g/mol. The van der Waals surface area contributed by atoms with Gasteiger partial charge in [-0.1, -0.05) is 0 Å². The maximum absolute atomic E-state index is 14.3. The Kier molecular flexibility index (Phi) is 12.8. The Hall–Kier alpha value is -2.72. The van der Waals surface area contributed by atoms with Crippen LogP contribution in [0, 0.1) is 0 Å². The van der Waals surface area contributed by atoms with Crippen LogP contribution in [0.4, 0.5) is 32.3 Å². The first-order valence-electron chi connectivity index (χ1n) is 15.3. The highest BCUT2D eigenvalue weighted by atomic mass is 19.3. The predicted molar refractivity (Wildman–Crippen MR) is 166 cm³/mol. The lowest BCUT2D eigenvalue weighted by Crippen LogP contribution is -2.41. The number of ether oxygens (including phenoxy) is 5. The van der Waals surface area contributed by atoms with E-state index in [9.17, 15) is 8.78 Å². The molecule has 4 rings (SSSR count). The lowest BCUT2D eigenvalue weighted by Gasteiger charge is -2.35. The van der Waals surface area contributed by atoms with Crippen LogP contribution < -0.4 is 19.6 Å². The largest absolute Gasteiger partial charge is 0.383 e. The summed E-state index contributed by atoms with van der Waals surface area (Å²) in [6.07, 6.45) is 1.35. The van der Waals surface area contributed by atoms with Crippen molar-refractivity contribution in [1.82, 2.24) is 19.9 Å². The molecule has 0 N–H and O–H groups in total. The second-order valence-electron chi connectivity index (χ2n) is 11.1. The Morgan fingerprint density at radius 1 is 0.636 bits per heavy atom. The van der Waals surface area contributed by atoms with Crippen molar-refractivity contribution in [3.8, 4) is 0 Å². The summed E-state index contributed by atoms with van der Waals surface area (Å²) >= 11 is 0. The van der Waals surface area contributed by atoms with Crippen LogP contribution in [0.25, 0.3) is 11.0 Å². The fraction of sp³-hybridized carbons (Fsp3) is 0.793. The van der Waals surface area contributed by atoms with Crippen molar-refractivity contribution in [2.45, 2.75) is 37.7 Å². The number of rotatable bonds is 17. The smallest absolute Gasteiger partial charge is 0.251 e. The number of anilines is 4. The fourth-order valence-corrected chi connectivity index (χ4v) is 5.47. The second-order valence-corrected chi connectivity index (χ2v) is 11.1. The fourth-order valence-electron chi connectivity index (χ4n) is 5.47. The van der Waals surface area contributed by atoms with E-state index in [-0.39, 0.29) is 32.0 Å². The van der Waals surface area contributed by atoms with E-state index >= 15 is 0 Å². The van der Waals surface area contributed by atoms with Gasteiger partial charge in [-0.15, -0.1) is 0 Å². The number of aromatic nitrogens is 4. The first-order chi connectivity index (χ1) is 21.3. The van der Waals surface area contributed by atoms with Gasteiger partial charge >= 0.3 is 0 Å². The zero-order chi connectivity index (χ0) is 31.5. The molecule has 13 nitrogen and oxygen atoms in total. The Morgan fingerprint density at radius 2 is 1.02 bits per heavy atom. The van der Waals surface area contributed by atoms with Crippen LogP contribution in [-0.2, 0) is 23.7 Å². The normalized spacial score (nSPS) is 17.4. The molecule has 248 valence electrons. The van der Waals surface area contributed by atoms with Gasteiger partial charge in [0.1, 0.15) is 11.0 Å². The molecule has 15 heteroatoms. The van der Waals surface area contributed by atoms with Crippen LogP contribution in [0.5, 0.6) is 0 Å². The van der Waals surface area contributed by atoms with Crippen molar-refractivity contribution in [3.63, 3.8) is 0 Å². The minimum Gasteiger partial charge on any atom is -0.383 e. The molecule has 2 aliphatic heterocycles. The summed E-state index contributed by atoms with van der Waals surface area (Å²) in [6.45, 7) is 5.74. The zero-order valence-electron chi connectivity index (χ0n) is 26.8. The van der Waals surface area contributed by atoms with Crippen LogP contribution in [0.15, 0.2) is 0 Å². The molecule has 2 aromatic rings. The molecule has 0 saturated carbocycles. The van der Waals surface area contributed by atoms with Gasteiger partial charge in [-0.05, 0) is 12.8 Å². The van der Waals surface area contributed by atoms with Crippen LogP contribution in [-0.4, -0.2) is 146 Å². The molecule has 2 aliphatic rings. The molecule has 2 fully saturated rings. The molecule has 0 radical (unpaired) electrons. The first-order valence-corrected chi connectivity index (χ1v) is 15.3. The van der Waals surface area contributed by atoms with Crippen LogP contribution >= 0.6 is 0 Å². The van der Waals surface area contributed by atoms with Gasteiger partial charge < -0.3 is 43.3 Å². The van der Waals surface area contributed by atoms with E-state index in [1.165, 1.54) is 0 Å². The van der Waals surface area contributed by atoms with Gasteiger partial charge in [-0.25, -0.2) is 18.7 Å². The lowest BCUT2D eigenvalue weighted by molar-refractivity contribution is -0.0221. The predicted octanol–water partition coefficient (Wildman–Crippen LogP) is 2.47. The van der Waals surface area contributed by atoms with Gasteiger partial charge in [-0.3, -0.25) is 0 Å². The standard InChI is InChI=1S/C29H48F2N8O5/c1-40-18-14-38(15-19-41-2)27-33-24-23(25(34-27)36-10-6-22(44-5)7-11-36)32-28(39(16-20-42-3)17-21-43-4)35-26(24)37-12-8-29(30,31)9-13-37/h22H,6-21H2,1-5H3. The Morgan fingerprint density at radius 3 is 1.39 bits per heavy atom. The molecule has 44 heavy (non-hydrogen) atoms. The van der Waals surface area contributed by atoms with Crippen LogP contribution in [0.1, 0.15) is 25.7 Å². The number of hydrogen-bond acceptors (Lipinski definition) is 13. The SMILES string of the molecule is COCCN(CCOC)c1nc(N2CCC(F)(F)CC2)c2nc(N(CCOC)CCOC)nc(N3CCC(OC)CC3)c2n1. The third kappa shape index (κ3) is 8.71. The average Bonchev–Trinajstić information content (AvgIpc) is 3.04. The molecular formula is C29H48F2N8O5. The molecule has 4 heterocycles. The summed E-state index contributed by atoms with van der Waals surface area (Å²) in [5.74, 6) is -0.551. The molecule has 0 spiro atoms. The van der Waals surface area contributed by atoms with Gasteiger partial charge in [0.2, 0.25) is 11.9 Å². The van der Waals surface area contributed by atoms with E-state index in [2.05, 4.69) is 4.90 Å². The second kappa shape index (κ2) is 16.5. The summed E-state index contributed by atoms with van der Waals surface area (Å²) in [7, 11) is 8.33. The van der Waals surface area contributed by atoms with Crippen molar-refractivity contribution in [2.24, 2.45) is 0 Å². The lowest BCUT2D eigenvalue weighted by atomic mass is 10.1. The number of methoxy groups -OCH3 is 5. The summed E-state index contributed by atoms with van der Waals surface area (Å²) in [6, 6.07) is 0. The van der Waals surface area contributed by atoms with E-state index in [1.54, 1.807) is 35.5 Å². The summed E-state index contributed by atoms with van der Waals surface area (Å²) in [5.41, 5.74) is 1.12. The Bertz CT molecular complexity index is 1150. The quantitative estimate of drug-likeness (QED) is 0.257. The van der Waals surface area contributed by atoms with Crippen LogP contribution in [0.2, 0.25) is 0 Å². The molecule has 0 aliphatic carbocycles. The van der Waals surface area contributed by atoms with Crippen LogP contribution in [0.3, 0.4) is 0 Å². The number of piperidine rings is 2. The summed E-state index contributed by atoms with van der Waals surface area (Å²) < 4.78 is 55.8. The van der Waals surface area contributed by atoms with E-state index in [0.29, 0.717) is 87.2 Å². The summed E-state index contributed by atoms with van der Waals surface area (Å²) in [5, 5.41) is 0. The highest BCUT2D eigenvalue weighted by Gasteiger charge is 2.36. The molecule has 2 saturated heterocycles. The van der Waals surface area contributed by atoms with Gasteiger partial charge in [0, 0.05) is 101 Å². The number of nitrogens with zero attached hydrogens (tertiary/aromatic N) is 8. The van der Waals surface area contributed by atoms with Crippen molar-refractivity contribution in [2.75, 3.05) is 134 Å². The van der Waals surface area contributed by atoms with Crippen molar-refractivity contribution in [3.05, 3.63) is 0 Å². The van der Waals surface area contributed by atoms with Crippen molar-refractivity contribution < 1.29 is 32.5 Å². The topological polar surface area (TPSA) is 111 Å². The van der Waals surface area contributed by atoms with E-state index in [0.717, 1.165) is 25.9 Å². The van der Waals surface area contributed by atoms with Gasteiger partial charge in [0.15, 0.2) is 11.6 Å². The molecule has 0 aromatic carbocycles. The van der Waals surface area contributed by atoms with Gasteiger partial charge in [-0.2, -0.15) is 9.97 Å². The monoisotopic (exact) mass is 626 g/mol. The molecule has 0 bridgehead atoms. The maximum atomic E-state index is 14.3. The number of fused-ring (bicyclic) bond motifs is 1.